The largest absolute Gasteiger partial charge is 0.192 e. The Balaban J connectivity index is 1.26. The zero-order valence-electron chi connectivity index (χ0n) is 37.3. The lowest BCUT2D eigenvalue weighted by atomic mass is 9.78. The summed E-state index contributed by atoms with van der Waals surface area (Å²) in [6.07, 6.45) is 0. The molecule has 0 N–H and O–H groups in total. The zero-order valence-corrected chi connectivity index (χ0v) is 37.3. The number of fused-ring (bicyclic) bond motifs is 11. The Morgan fingerprint density at radius 3 is 0.814 bits per heavy atom. The molecule has 2 aliphatic carbocycles. The summed E-state index contributed by atoms with van der Waals surface area (Å²) in [6.45, 7) is 0. The average molecular weight is 881 g/mol. The van der Waals surface area contributed by atoms with E-state index in [0.29, 0.717) is 22.3 Å². The van der Waals surface area contributed by atoms with E-state index >= 15 is 0 Å². The molecule has 0 bridgehead atoms. The third-order valence-corrected chi connectivity index (χ3v) is 14.7. The van der Waals surface area contributed by atoms with E-state index in [0.717, 1.165) is 132 Å². The van der Waals surface area contributed by atoms with Crippen LogP contribution < -0.4 is 0 Å². The van der Waals surface area contributed by atoms with Crippen molar-refractivity contribution in [3.8, 4) is 113 Å². The molecule has 0 heterocycles. The number of hydrogen-bond donors (Lipinski definition) is 0. The molecule has 0 unspecified atom stereocenters. The maximum absolute atomic E-state index is 10.4. The molecule has 316 valence electrons. The Morgan fingerprint density at radius 1 is 0.229 bits per heavy atom. The maximum Gasteiger partial charge on any atom is 0.0991 e. The third kappa shape index (κ3) is 5.31. The summed E-state index contributed by atoms with van der Waals surface area (Å²) < 4.78 is 0. The smallest absolute Gasteiger partial charge is 0.0991 e. The van der Waals surface area contributed by atoms with Crippen molar-refractivity contribution < 1.29 is 0 Å². The molecule has 12 aromatic rings. The Labute approximate surface area is 402 Å². The van der Waals surface area contributed by atoms with E-state index in [4.69, 9.17) is 0 Å². The second-order valence-corrected chi connectivity index (χ2v) is 18.3. The minimum Gasteiger partial charge on any atom is -0.192 e. The molecule has 0 spiro atoms. The predicted octanol–water partition coefficient (Wildman–Crippen LogP) is 16.9. The Morgan fingerprint density at radius 2 is 0.500 bits per heavy atom. The first-order valence-electron chi connectivity index (χ1n) is 23.2. The van der Waals surface area contributed by atoms with Crippen molar-refractivity contribution in [3.05, 3.63) is 216 Å². The van der Waals surface area contributed by atoms with Gasteiger partial charge in [-0.1, -0.05) is 146 Å². The highest BCUT2D eigenvalue weighted by molar-refractivity contribution is 6.36. The summed E-state index contributed by atoms with van der Waals surface area (Å²) in [5.41, 5.74) is 19.1. The molecule has 0 aromatic heterocycles. The Hall–Kier alpha value is -10.1. The number of nitriles is 4. The van der Waals surface area contributed by atoms with E-state index in [-0.39, 0.29) is 0 Å². The van der Waals surface area contributed by atoms with Crippen LogP contribution in [0.5, 0.6) is 0 Å². The molecule has 0 amide bonds. The van der Waals surface area contributed by atoms with Crippen molar-refractivity contribution in [1.82, 2.24) is 0 Å². The third-order valence-electron chi connectivity index (χ3n) is 14.7. The molecule has 12 aromatic carbocycles. The van der Waals surface area contributed by atoms with Crippen molar-refractivity contribution in [2.45, 2.75) is 0 Å². The van der Waals surface area contributed by atoms with Crippen molar-refractivity contribution >= 4 is 53.9 Å². The predicted molar refractivity (Wildman–Crippen MR) is 283 cm³/mol. The normalized spacial score (nSPS) is 11.7. The first-order chi connectivity index (χ1) is 34.6. The molecule has 70 heavy (non-hydrogen) atoms. The monoisotopic (exact) mass is 880 g/mol. The van der Waals surface area contributed by atoms with Crippen molar-refractivity contribution in [2.75, 3.05) is 0 Å². The molecule has 0 aliphatic heterocycles. The van der Waals surface area contributed by atoms with Crippen molar-refractivity contribution in [3.63, 3.8) is 0 Å². The summed E-state index contributed by atoms with van der Waals surface area (Å²) >= 11 is 0. The van der Waals surface area contributed by atoms with Crippen LogP contribution in [0.25, 0.3) is 143 Å². The minimum atomic E-state index is 0.567. The van der Waals surface area contributed by atoms with Gasteiger partial charge in [0.2, 0.25) is 0 Å². The molecule has 0 saturated carbocycles. The quantitative estimate of drug-likeness (QED) is 0.165. The van der Waals surface area contributed by atoms with Gasteiger partial charge in [-0.15, -0.1) is 0 Å². The van der Waals surface area contributed by atoms with Gasteiger partial charge in [-0.25, -0.2) is 0 Å². The molecule has 0 saturated heterocycles. The van der Waals surface area contributed by atoms with Gasteiger partial charge in [0.05, 0.1) is 46.5 Å². The van der Waals surface area contributed by atoms with Crippen LogP contribution in [-0.4, -0.2) is 0 Å². The van der Waals surface area contributed by atoms with Crippen LogP contribution in [-0.2, 0) is 0 Å². The SMILES string of the molecule is N#Cc1cccc(-c2c3c(c(-c4cccc(C#N)c4)c4c2ccc2c4ccc4c(-c5cccc(C#N)c5)c5c(c(-c6cccc(C#N)c6)c42)-c2cccc4cccc-5c24)-c2cccc4cccc-3c24)c1. The van der Waals surface area contributed by atoms with Gasteiger partial charge in [0.25, 0.3) is 0 Å². The van der Waals surface area contributed by atoms with Gasteiger partial charge in [0.1, 0.15) is 0 Å². The van der Waals surface area contributed by atoms with Gasteiger partial charge >= 0.3 is 0 Å². The van der Waals surface area contributed by atoms with E-state index in [1.54, 1.807) is 0 Å². The molecule has 0 atom stereocenters. The standard InChI is InChI=1S/C66H32N4/c67-33-37-9-1-17-43(29-37)57-53-27-25-48-47(61(53)59(45-19-3-11-39(31-45)35-69)65-51-23-7-15-41-13-5-21-49(55(41)51)63(57)65)26-28-54-58(44-18-2-10-38(30-44)34-68)64-50-22-6-14-42-16-8-24-52(56(42)50)66(64)60(62(48)54)46-20-4-12-40(32-46)36-70/h1-32H. The van der Waals surface area contributed by atoms with E-state index < -0.39 is 0 Å². The van der Waals surface area contributed by atoms with Crippen LogP contribution in [0.2, 0.25) is 0 Å². The van der Waals surface area contributed by atoms with Gasteiger partial charge < -0.3 is 0 Å². The lowest BCUT2D eigenvalue weighted by Gasteiger charge is -2.24. The van der Waals surface area contributed by atoms with Crippen LogP contribution >= 0.6 is 0 Å². The summed E-state index contributed by atoms with van der Waals surface area (Å²) in [5, 5.41) is 52.3. The summed E-state index contributed by atoms with van der Waals surface area (Å²) in [4.78, 5) is 0. The average Bonchev–Trinajstić information content (AvgIpc) is 3.93. The first-order valence-corrected chi connectivity index (χ1v) is 23.2. The molecular weight excluding hydrogens is 849 g/mol. The van der Waals surface area contributed by atoms with Gasteiger partial charge in [0, 0.05) is 0 Å². The molecule has 0 radical (unpaired) electrons. The lowest BCUT2D eigenvalue weighted by Crippen LogP contribution is -1.97. The zero-order chi connectivity index (χ0) is 46.8. The van der Waals surface area contributed by atoms with E-state index in [1.165, 1.54) is 10.8 Å². The maximum atomic E-state index is 10.4. The molecule has 2 aliphatic rings. The Kier molecular flexibility index (Phi) is 8.21. The molecular formula is C66H32N4. The Bertz CT molecular complexity index is 4280. The number of rotatable bonds is 4. The van der Waals surface area contributed by atoms with Gasteiger partial charge in [-0.2, -0.15) is 21.0 Å². The fourth-order valence-corrected chi connectivity index (χ4v) is 12.1. The van der Waals surface area contributed by atoms with Gasteiger partial charge in [-0.3, -0.25) is 0 Å². The second kappa shape index (κ2) is 14.7. The molecule has 14 rings (SSSR count). The fraction of sp³-hybridized carbons (Fsp3) is 0. The number of hydrogen-bond acceptors (Lipinski definition) is 4. The summed E-state index contributed by atoms with van der Waals surface area (Å²) in [7, 11) is 0. The number of nitrogens with zero attached hydrogens (tertiary/aromatic N) is 4. The summed E-state index contributed by atoms with van der Waals surface area (Å²) in [5.74, 6) is 0. The van der Waals surface area contributed by atoms with Crippen molar-refractivity contribution in [1.29, 1.82) is 21.0 Å². The topological polar surface area (TPSA) is 95.2 Å². The van der Waals surface area contributed by atoms with E-state index in [9.17, 15) is 21.0 Å². The van der Waals surface area contributed by atoms with Crippen LogP contribution in [0.3, 0.4) is 0 Å². The fourth-order valence-electron chi connectivity index (χ4n) is 12.1. The van der Waals surface area contributed by atoms with E-state index in [1.807, 2.05) is 72.8 Å². The molecule has 0 fully saturated rings. The van der Waals surface area contributed by atoms with Crippen LogP contribution in [0.4, 0.5) is 0 Å². The van der Waals surface area contributed by atoms with Crippen LogP contribution in [0, 0.1) is 45.3 Å². The number of benzene rings is 12. The van der Waals surface area contributed by atoms with Crippen LogP contribution in [0.15, 0.2) is 194 Å². The highest BCUT2D eigenvalue weighted by Crippen LogP contribution is 2.61. The summed E-state index contributed by atoms with van der Waals surface area (Å²) in [6, 6.07) is 76.7. The minimum absolute atomic E-state index is 0.567. The van der Waals surface area contributed by atoms with Gasteiger partial charge in [-0.05, 0) is 191 Å². The first kappa shape index (κ1) is 39.1. The molecule has 4 nitrogen and oxygen atoms in total. The lowest BCUT2D eigenvalue weighted by molar-refractivity contribution is 1.48. The second-order valence-electron chi connectivity index (χ2n) is 18.3. The highest BCUT2D eigenvalue weighted by atomic mass is 14.4. The highest BCUT2D eigenvalue weighted by Gasteiger charge is 2.34. The van der Waals surface area contributed by atoms with Crippen molar-refractivity contribution in [2.24, 2.45) is 0 Å². The van der Waals surface area contributed by atoms with Gasteiger partial charge in [0.15, 0.2) is 0 Å². The van der Waals surface area contributed by atoms with Crippen LogP contribution in [0.1, 0.15) is 22.3 Å². The van der Waals surface area contributed by atoms with E-state index in [2.05, 4.69) is 146 Å². The molecule has 4 heteroatoms.